The predicted molar refractivity (Wildman–Crippen MR) is 132 cm³/mol. The summed E-state index contributed by atoms with van der Waals surface area (Å²) in [7, 11) is 3.29. The molecule has 0 radical (unpaired) electrons. The molecule has 1 aliphatic heterocycles. The highest BCUT2D eigenvalue weighted by Gasteiger charge is 2.34. The number of ether oxygens (including phenoxy) is 2. The van der Waals surface area contributed by atoms with E-state index in [0.29, 0.717) is 17.9 Å². The zero-order valence-corrected chi connectivity index (χ0v) is 19.5. The minimum atomic E-state index is -0.158. The van der Waals surface area contributed by atoms with E-state index in [2.05, 4.69) is 23.6 Å². The molecule has 166 valence electrons. The Morgan fingerprint density at radius 2 is 1.58 bits per heavy atom. The van der Waals surface area contributed by atoms with Crippen molar-refractivity contribution in [3.8, 4) is 22.6 Å². The standard InChI is InChI=1S/C28H25NO3S/c1-31-24-17-22-14-15-29(27(26-9-6-16-33-26)23(22)18-25(24)32-2)28(30)21-12-10-20(11-13-21)19-7-4-3-5-8-19/h3-13,16-18,27H,14-15H2,1-2H3/t27-/m1/s1. The summed E-state index contributed by atoms with van der Waals surface area (Å²) in [5.41, 5.74) is 5.22. The molecule has 0 bridgehead atoms. The van der Waals surface area contributed by atoms with Gasteiger partial charge in [-0.05, 0) is 64.4 Å². The maximum atomic E-state index is 13.7. The summed E-state index contributed by atoms with van der Waals surface area (Å²) < 4.78 is 11.1. The van der Waals surface area contributed by atoms with Crippen molar-refractivity contribution in [3.63, 3.8) is 0 Å². The van der Waals surface area contributed by atoms with Crippen LogP contribution < -0.4 is 9.47 Å². The first-order valence-corrected chi connectivity index (χ1v) is 11.8. The molecule has 4 aromatic rings. The van der Waals surface area contributed by atoms with Crippen LogP contribution in [0, 0.1) is 0 Å². The second-order valence-electron chi connectivity index (χ2n) is 8.02. The molecule has 5 heteroatoms. The Bertz CT molecular complexity index is 1250. The van der Waals surface area contributed by atoms with Crippen molar-refractivity contribution in [3.05, 3.63) is 106 Å². The second-order valence-corrected chi connectivity index (χ2v) is 9.00. The molecule has 3 aromatic carbocycles. The molecule has 2 heterocycles. The lowest BCUT2D eigenvalue weighted by molar-refractivity contribution is 0.0697. The summed E-state index contributed by atoms with van der Waals surface area (Å²) in [5, 5.41) is 2.06. The van der Waals surface area contributed by atoms with E-state index >= 15 is 0 Å². The molecule has 0 fully saturated rings. The average molecular weight is 456 g/mol. The number of benzene rings is 3. The van der Waals surface area contributed by atoms with Crippen LogP contribution in [0.5, 0.6) is 11.5 Å². The fourth-order valence-corrected chi connectivity index (χ4v) is 5.37. The average Bonchev–Trinajstić information content (AvgIpc) is 3.42. The van der Waals surface area contributed by atoms with Gasteiger partial charge in [0.05, 0.1) is 20.3 Å². The Kier molecular flexibility index (Phi) is 5.88. The Morgan fingerprint density at radius 3 is 2.24 bits per heavy atom. The highest BCUT2D eigenvalue weighted by molar-refractivity contribution is 7.10. The quantitative estimate of drug-likeness (QED) is 0.359. The second kappa shape index (κ2) is 9.12. The van der Waals surface area contributed by atoms with Gasteiger partial charge in [-0.3, -0.25) is 4.79 Å². The fraction of sp³-hybridized carbons (Fsp3) is 0.179. The summed E-state index contributed by atoms with van der Waals surface area (Å²) in [6.45, 7) is 0.643. The Morgan fingerprint density at radius 1 is 0.879 bits per heavy atom. The molecule has 0 spiro atoms. The Hall–Kier alpha value is -3.57. The van der Waals surface area contributed by atoms with Crippen molar-refractivity contribution >= 4 is 17.2 Å². The van der Waals surface area contributed by atoms with E-state index in [1.54, 1.807) is 25.6 Å². The van der Waals surface area contributed by atoms with Gasteiger partial charge in [0.25, 0.3) is 5.91 Å². The van der Waals surface area contributed by atoms with Gasteiger partial charge in [0.2, 0.25) is 0 Å². The largest absolute Gasteiger partial charge is 0.493 e. The molecule has 5 rings (SSSR count). The summed E-state index contributed by atoms with van der Waals surface area (Å²) in [5.74, 6) is 1.44. The Labute approximate surface area is 198 Å². The van der Waals surface area contributed by atoms with Gasteiger partial charge < -0.3 is 14.4 Å². The normalized spacial score (nSPS) is 15.1. The van der Waals surface area contributed by atoms with Crippen molar-refractivity contribution in [2.24, 2.45) is 0 Å². The summed E-state index contributed by atoms with van der Waals surface area (Å²) >= 11 is 1.67. The van der Waals surface area contributed by atoms with Crippen molar-refractivity contribution in [1.29, 1.82) is 0 Å². The number of methoxy groups -OCH3 is 2. The van der Waals surface area contributed by atoms with Crippen molar-refractivity contribution in [2.75, 3.05) is 20.8 Å². The van der Waals surface area contributed by atoms with Gasteiger partial charge in [-0.2, -0.15) is 0 Å². The Balaban J connectivity index is 1.52. The van der Waals surface area contributed by atoms with Crippen molar-refractivity contribution < 1.29 is 14.3 Å². The number of rotatable bonds is 5. The summed E-state index contributed by atoms with van der Waals surface area (Å²) in [6, 6.07) is 26.2. The highest BCUT2D eigenvalue weighted by atomic mass is 32.1. The lowest BCUT2D eigenvalue weighted by Crippen LogP contribution is -2.40. The number of hydrogen-bond donors (Lipinski definition) is 0. The first kappa shape index (κ1) is 21.3. The van der Waals surface area contributed by atoms with Gasteiger partial charge >= 0.3 is 0 Å². The van der Waals surface area contributed by atoms with Crippen molar-refractivity contribution in [2.45, 2.75) is 12.5 Å². The summed E-state index contributed by atoms with van der Waals surface area (Å²) in [4.78, 5) is 16.8. The number of amides is 1. The number of fused-ring (bicyclic) bond motifs is 1. The van der Waals surface area contributed by atoms with Crippen LogP contribution in [0.4, 0.5) is 0 Å². The van der Waals surface area contributed by atoms with Crippen LogP contribution in [0.15, 0.2) is 84.2 Å². The molecule has 0 unspecified atom stereocenters. The molecule has 1 aliphatic rings. The van der Waals surface area contributed by atoms with E-state index in [-0.39, 0.29) is 11.9 Å². The third kappa shape index (κ3) is 4.00. The van der Waals surface area contributed by atoms with Crippen LogP contribution in [-0.4, -0.2) is 31.6 Å². The lowest BCUT2D eigenvalue weighted by Gasteiger charge is -2.37. The monoisotopic (exact) mass is 455 g/mol. The molecule has 4 nitrogen and oxygen atoms in total. The first-order valence-electron chi connectivity index (χ1n) is 10.9. The highest BCUT2D eigenvalue weighted by Crippen LogP contribution is 2.42. The molecule has 1 amide bonds. The van der Waals surface area contributed by atoms with Gasteiger partial charge in [-0.15, -0.1) is 11.3 Å². The number of hydrogen-bond acceptors (Lipinski definition) is 4. The van der Waals surface area contributed by atoms with E-state index < -0.39 is 0 Å². The number of nitrogens with zero attached hydrogens (tertiary/aromatic N) is 1. The van der Waals surface area contributed by atoms with E-state index in [4.69, 9.17) is 9.47 Å². The molecular weight excluding hydrogens is 430 g/mol. The van der Waals surface area contributed by atoms with E-state index in [1.165, 1.54) is 5.56 Å². The van der Waals surface area contributed by atoms with Gasteiger partial charge in [0, 0.05) is 17.0 Å². The third-order valence-electron chi connectivity index (χ3n) is 6.19. The van der Waals surface area contributed by atoms with Crippen LogP contribution in [0.1, 0.15) is 32.4 Å². The molecule has 1 atom stereocenters. The maximum Gasteiger partial charge on any atom is 0.254 e. The number of thiophene rings is 1. The molecule has 33 heavy (non-hydrogen) atoms. The molecular formula is C28H25NO3S. The summed E-state index contributed by atoms with van der Waals surface area (Å²) in [6.07, 6.45) is 0.769. The van der Waals surface area contributed by atoms with Gasteiger partial charge in [-0.1, -0.05) is 48.5 Å². The number of carbonyl (C=O) groups excluding carboxylic acids is 1. The van der Waals surface area contributed by atoms with Crippen LogP contribution >= 0.6 is 11.3 Å². The van der Waals surface area contributed by atoms with E-state index in [9.17, 15) is 4.79 Å². The number of carbonyl (C=O) groups is 1. The molecule has 0 aliphatic carbocycles. The third-order valence-corrected chi connectivity index (χ3v) is 7.11. The molecule has 0 saturated carbocycles. The zero-order chi connectivity index (χ0) is 22.8. The molecule has 0 saturated heterocycles. The lowest BCUT2D eigenvalue weighted by atomic mass is 9.90. The van der Waals surface area contributed by atoms with Gasteiger partial charge in [0.15, 0.2) is 11.5 Å². The first-order chi connectivity index (χ1) is 16.2. The van der Waals surface area contributed by atoms with Crippen LogP contribution in [-0.2, 0) is 6.42 Å². The smallest absolute Gasteiger partial charge is 0.254 e. The molecule has 1 aromatic heterocycles. The van der Waals surface area contributed by atoms with E-state index in [1.807, 2.05) is 65.6 Å². The van der Waals surface area contributed by atoms with Crippen molar-refractivity contribution in [1.82, 2.24) is 4.90 Å². The zero-order valence-electron chi connectivity index (χ0n) is 18.7. The minimum Gasteiger partial charge on any atom is -0.493 e. The predicted octanol–water partition coefficient (Wildman–Crippen LogP) is 6.22. The minimum absolute atomic E-state index is 0.0356. The SMILES string of the molecule is COc1cc2c(cc1OC)[C@H](c1cccs1)N(C(=O)c1ccc(-c3ccccc3)cc1)CC2. The topological polar surface area (TPSA) is 38.8 Å². The van der Waals surface area contributed by atoms with Crippen LogP contribution in [0.2, 0.25) is 0 Å². The van der Waals surface area contributed by atoms with Gasteiger partial charge in [0.1, 0.15) is 0 Å². The fourth-order valence-electron chi connectivity index (χ4n) is 4.52. The molecule has 0 N–H and O–H groups in total. The maximum absolute atomic E-state index is 13.7. The van der Waals surface area contributed by atoms with E-state index in [0.717, 1.165) is 33.7 Å². The van der Waals surface area contributed by atoms with Gasteiger partial charge in [-0.25, -0.2) is 0 Å². The van der Waals surface area contributed by atoms with Crippen LogP contribution in [0.25, 0.3) is 11.1 Å². The van der Waals surface area contributed by atoms with Crippen LogP contribution in [0.3, 0.4) is 0 Å².